The Morgan fingerprint density at radius 3 is 2.48 bits per heavy atom. The summed E-state index contributed by atoms with van der Waals surface area (Å²) < 4.78 is 27.7. The van der Waals surface area contributed by atoms with Crippen molar-refractivity contribution in [3.63, 3.8) is 0 Å². The lowest BCUT2D eigenvalue weighted by atomic mass is 9.87. The second-order valence-corrected chi connectivity index (χ2v) is 8.28. The summed E-state index contributed by atoms with van der Waals surface area (Å²) in [6, 6.07) is 17.5. The maximum absolute atomic E-state index is 13.2. The molecule has 8 heteroatoms. The SMILES string of the molecule is NN=CC1CNCCC1CNN(c1ccccc1)S(=O)(=O)c1ccccc1. The van der Waals surface area contributed by atoms with Crippen molar-refractivity contribution in [2.24, 2.45) is 22.8 Å². The van der Waals surface area contributed by atoms with Crippen molar-refractivity contribution in [1.82, 2.24) is 10.7 Å². The maximum Gasteiger partial charge on any atom is 0.277 e. The molecule has 7 nitrogen and oxygen atoms in total. The minimum absolute atomic E-state index is 0.160. The van der Waals surface area contributed by atoms with Gasteiger partial charge in [-0.2, -0.15) is 17.9 Å². The van der Waals surface area contributed by atoms with E-state index < -0.39 is 10.0 Å². The van der Waals surface area contributed by atoms with E-state index in [9.17, 15) is 8.42 Å². The van der Waals surface area contributed by atoms with Crippen LogP contribution >= 0.6 is 0 Å². The third kappa shape index (κ3) is 4.65. The number of sulfonamides is 1. The van der Waals surface area contributed by atoms with Crippen molar-refractivity contribution in [3.8, 4) is 0 Å². The molecule has 0 amide bonds. The maximum atomic E-state index is 13.2. The molecule has 2 aromatic carbocycles. The van der Waals surface area contributed by atoms with Gasteiger partial charge in [-0.05, 0) is 43.1 Å². The number of nitrogens with one attached hydrogen (secondary N) is 2. The highest BCUT2D eigenvalue weighted by molar-refractivity contribution is 7.92. The third-order valence-corrected chi connectivity index (χ3v) is 6.41. The van der Waals surface area contributed by atoms with Crippen molar-refractivity contribution < 1.29 is 8.42 Å². The van der Waals surface area contributed by atoms with Crippen molar-refractivity contribution in [1.29, 1.82) is 0 Å². The van der Waals surface area contributed by atoms with Crippen LogP contribution in [0.25, 0.3) is 0 Å². The van der Waals surface area contributed by atoms with Gasteiger partial charge in [0.25, 0.3) is 10.0 Å². The van der Waals surface area contributed by atoms with Gasteiger partial charge in [0.05, 0.1) is 10.6 Å². The number of benzene rings is 2. The molecule has 144 valence electrons. The van der Waals surface area contributed by atoms with E-state index in [4.69, 9.17) is 5.84 Å². The quantitative estimate of drug-likeness (QED) is 0.380. The molecule has 1 fully saturated rings. The molecule has 4 N–H and O–H groups in total. The van der Waals surface area contributed by atoms with Crippen LogP contribution in [0.3, 0.4) is 0 Å². The van der Waals surface area contributed by atoms with Crippen molar-refractivity contribution in [2.45, 2.75) is 11.3 Å². The fraction of sp³-hybridized carbons (Fsp3) is 0.316. The first-order chi connectivity index (χ1) is 13.1. The van der Waals surface area contributed by atoms with Crippen LogP contribution < -0.4 is 21.0 Å². The number of anilines is 1. The lowest BCUT2D eigenvalue weighted by Gasteiger charge is -2.32. The first kappa shape index (κ1) is 19.3. The van der Waals surface area contributed by atoms with E-state index in [0.29, 0.717) is 12.2 Å². The van der Waals surface area contributed by atoms with Gasteiger partial charge in [-0.3, -0.25) is 0 Å². The number of hydrogen-bond acceptors (Lipinski definition) is 6. The first-order valence-corrected chi connectivity index (χ1v) is 10.4. The Bertz CT molecular complexity index is 843. The van der Waals surface area contributed by atoms with Crippen LogP contribution in [0.4, 0.5) is 5.69 Å². The van der Waals surface area contributed by atoms with Gasteiger partial charge in [0, 0.05) is 25.2 Å². The standard InChI is InChI=1S/C19H25N5O2S/c20-22-14-17-13-21-12-11-16(17)15-23-24(18-7-3-1-4-8-18)27(25,26)19-9-5-2-6-10-19/h1-10,14,16-17,21,23H,11-13,15,20H2. The van der Waals surface area contributed by atoms with Crippen LogP contribution in [0.1, 0.15) is 6.42 Å². The smallest absolute Gasteiger partial charge is 0.277 e. The molecule has 3 rings (SSSR count). The normalized spacial score (nSPS) is 20.6. The van der Waals surface area contributed by atoms with E-state index in [1.807, 2.05) is 18.2 Å². The molecule has 0 aliphatic carbocycles. The first-order valence-electron chi connectivity index (χ1n) is 8.96. The van der Waals surface area contributed by atoms with Crippen LogP contribution in [0, 0.1) is 11.8 Å². The van der Waals surface area contributed by atoms with Crippen LogP contribution in [-0.2, 0) is 10.0 Å². The van der Waals surface area contributed by atoms with E-state index in [1.54, 1.807) is 48.7 Å². The second kappa shape index (κ2) is 8.98. The van der Waals surface area contributed by atoms with Gasteiger partial charge in [0.2, 0.25) is 0 Å². The van der Waals surface area contributed by atoms with Gasteiger partial charge in [0.15, 0.2) is 0 Å². The number of piperidine rings is 1. The molecule has 1 aliphatic rings. The predicted octanol–water partition coefficient (Wildman–Crippen LogP) is 1.56. The summed E-state index contributed by atoms with van der Waals surface area (Å²) in [6.07, 6.45) is 2.65. The minimum Gasteiger partial charge on any atom is -0.324 e. The number of hydrazone groups is 1. The summed E-state index contributed by atoms with van der Waals surface area (Å²) in [5.41, 5.74) is 3.72. The van der Waals surface area contributed by atoms with Gasteiger partial charge < -0.3 is 11.2 Å². The largest absolute Gasteiger partial charge is 0.324 e. The number of rotatable bonds is 7. The number of hydrazine groups is 1. The third-order valence-electron chi connectivity index (χ3n) is 4.72. The van der Waals surface area contributed by atoms with Gasteiger partial charge in [-0.15, -0.1) is 0 Å². The zero-order valence-electron chi connectivity index (χ0n) is 15.0. The predicted molar refractivity (Wildman–Crippen MR) is 108 cm³/mol. The highest BCUT2D eigenvalue weighted by Gasteiger charge is 2.28. The fourth-order valence-corrected chi connectivity index (χ4v) is 4.61. The molecule has 0 radical (unpaired) electrons. The zero-order chi connectivity index (χ0) is 19.1. The molecule has 27 heavy (non-hydrogen) atoms. The average Bonchev–Trinajstić information content (AvgIpc) is 2.71. The average molecular weight is 388 g/mol. The summed E-state index contributed by atoms with van der Waals surface area (Å²) in [5.74, 6) is 5.72. The van der Waals surface area contributed by atoms with Crippen molar-refractivity contribution in [3.05, 3.63) is 60.7 Å². The van der Waals surface area contributed by atoms with Crippen LogP contribution in [-0.4, -0.2) is 34.3 Å². The molecule has 2 atom stereocenters. The van der Waals surface area contributed by atoms with Gasteiger partial charge in [-0.1, -0.05) is 36.4 Å². The Hall–Kier alpha value is -2.42. The number of nitrogens with two attached hydrogens (primary N) is 1. The molecule has 0 spiro atoms. The number of para-hydroxylation sites is 1. The molecule has 2 aromatic rings. The topological polar surface area (TPSA) is 99.8 Å². The monoisotopic (exact) mass is 387 g/mol. The lowest BCUT2D eigenvalue weighted by molar-refractivity contribution is 0.311. The molecule has 1 aliphatic heterocycles. The van der Waals surface area contributed by atoms with Crippen LogP contribution in [0.15, 0.2) is 70.7 Å². The Morgan fingerprint density at radius 2 is 1.81 bits per heavy atom. The molecule has 1 heterocycles. The minimum atomic E-state index is -3.74. The molecule has 0 bridgehead atoms. The second-order valence-electron chi connectivity index (χ2n) is 6.50. The van der Waals surface area contributed by atoms with Gasteiger partial charge >= 0.3 is 0 Å². The van der Waals surface area contributed by atoms with Crippen LogP contribution in [0.2, 0.25) is 0 Å². The Morgan fingerprint density at radius 1 is 1.15 bits per heavy atom. The summed E-state index contributed by atoms with van der Waals surface area (Å²) in [5, 5.41) is 6.99. The van der Waals surface area contributed by atoms with Crippen LogP contribution in [0.5, 0.6) is 0 Å². The van der Waals surface area contributed by atoms with E-state index in [2.05, 4.69) is 15.8 Å². The summed E-state index contributed by atoms with van der Waals surface area (Å²) in [7, 11) is -3.74. The number of hydrogen-bond donors (Lipinski definition) is 3. The van der Waals surface area contributed by atoms with E-state index in [0.717, 1.165) is 19.5 Å². The summed E-state index contributed by atoms with van der Waals surface area (Å²) in [4.78, 5) is 0.242. The molecular weight excluding hydrogens is 362 g/mol. The Labute approximate surface area is 160 Å². The molecule has 0 aromatic heterocycles. The van der Waals surface area contributed by atoms with Crippen molar-refractivity contribution in [2.75, 3.05) is 24.0 Å². The summed E-state index contributed by atoms with van der Waals surface area (Å²) in [6.45, 7) is 2.17. The highest BCUT2D eigenvalue weighted by atomic mass is 32.2. The van der Waals surface area contributed by atoms with Gasteiger partial charge in [-0.25, -0.2) is 5.43 Å². The van der Waals surface area contributed by atoms with E-state index in [-0.39, 0.29) is 16.7 Å². The lowest BCUT2D eigenvalue weighted by Crippen LogP contribution is -2.49. The Kier molecular flexibility index (Phi) is 6.44. The zero-order valence-corrected chi connectivity index (χ0v) is 15.8. The molecule has 1 saturated heterocycles. The van der Waals surface area contributed by atoms with Crippen molar-refractivity contribution >= 4 is 21.9 Å². The summed E-state index contributed by atoms with van der Waals surface area (Å²) >= 11 is 0. The molecule has 0 saturated carbocycles. The Balaban J connectivity index is 1.85. The fourth-order valence-electron chi connectivity index (χ4n) is 3.25. The van der Waals surface area contributed by atoms with E-state index in [1.165, 1.54) is 4.41 Å². The highest BCUT2D eigenvalue weighted by Crippen LogP contribution is 2.23. The van der Waals surface area contributed by atoms with E-state index >= 15 is 0 Å². The molecule has 2 unspecified atom stereocenters. The molecular formula is C19H25N5O2S. The number of nitrogens with zero attached hydrogens (tertiary/aromatic N) is 2. The van der Waals surface area contributed by atoms with Gasteiger partial charge in [0.1, 0.15) is 0 Å².